The molecule has 36 heavy (non-hydrogen) atoms. The molecule has 0 radical (unpaired) electrons. The SMILES string of the molecule is CO/N=C(/C(=O)NC1C(=O)N2C(C(=O)OCc3ccc(OC)cc3)=C(CCl)CS[C@H]12)N1C=C(N)SN1. The van der Waals surface area contributed by atoms with Crippen LogP contribution in [0, 0.1) is 0 Å². The van der Waals surface area contributed by atoms with E-state index in [1.54, 1.807) is 31.4 Å². The number of carbonyl (C=O) groups is 3. The first-order chi connectivity index (χ1) is 17.4. The van der Waals surface area contributed by atoms with Gasteiger partial charge in [0, 0.05) is 11.6 Å². The molecule has 0 spiro atoms. The van der Waals surface area contributed by atoms with Crippen LogP contribution in [-0.2, 0) is 30.6 Å². The molecule has 1 unspecified atom stereocenters. The molecular formula is C21H23ClN6O6S2. The van der Waals surface area contributed by atoms with E-state index in [2.05, 4.69) is 15.3 Å². The first kappa shape index (κ1) is 26.0. The monoisotopic (exact) mass is 554 g/mol. The molecule has 4 rings (SSSR count). The van der Waals surface area contributed by atoms with Crippen molar-refractivity contribution in [1.29, 1.82) is 0 Å². The number of rotatable bonds is 7. The van der Waals surface area contributed by atoms with Crippen LogP contribution in [0.3, 0.4) is 0 Å². The van der Waals surface area contributed by atoms with Crippen LogP contribution >= 0.6 is 35.3 Å². The van der Waals surface area contributed by atoms with Crippen LogP contribution in [0.2, 0.25) is 0 Å². The number of amidine groups is 1. The van der Waals surface area contributed by atoms with Gasteiger partial charge in [-0.05, 0) is 35.2 Å². The number of methoxy groups -OCH3 is 1. The highest BCUT2D eigenvalue weighted by atomic mass is 35.5. The zero-order valence-electron chi connectivity index (χ0n) is 19.2. The van der Waals surface area contributed by atoms with Gasteiger partial charge in [-0.1, -0.05) is 17.3 Å². The van der Waals surface area contributed by atoms with Crippen LogP contribution in [0.4, 0.5) is 0 Å². The maximum atomic E-state index is 13.1. The van der Waals surface area contributed by atoms with Crippen molar-refractivity contribution in [2.24, 2.45) is 10.9 Å². The third kappa shape index (κ3) is 5.21. The first-order valence-corrected chi connectivity index (χ1v) is 12.9. The molecule has 1 fully saturated rings. The van der Waals surface area contributed by atoms with Crippen molar-refractivity contribution >= 4 is 58.9 Å². The van der Waals surface area contributed by atoms with Crippen LogP contribution in [0.1, 0.15) is 5.56 Å². The summed E-state index contributed by atoms with van der Waals surface area (Å²) in [5.74, 6) is -0.787. The Balaban J connectivity index is 1.44. The molecule has 1 aromatic rings. The Labute approximate surface area is 220 Å². The number of esters is 1. The minimum absolute atomic E-state index is 0.0102. The van der Waals surface area contributed by atoms with Gasteiger partial charge in [-0.15, -0.1) is 23.4 Å². The summed E-state index contributed by atoms with van der Waals surface area (Å²) in [6.45, 7) is 0.0102. The topological polar surface area (TPSA) is 148 Å². The number of alkyl halides is 1. The number of hydrogen-bond donors (Lipinski definition) is 3. The van der Waals surface area contributed by atoms with E-state index in [-0.39, 0.29) is 24.0 Å². The molecule has 0 aliphatic carbocycles. The van der Waals surface area contributed by atoms with Gasteiger partial charge in [0.1, 0.15) is 41.6 Å². The number of nitrogens with one attached hydrogen (secondary N) is 2. The predicted octanol–water partition coefficient (Wildman–Crippen LogP) is 0.817. The molecule has 2 amide bonds. The third-order valence-electron chi connectivity index (χ3n) is 5.34. The molecular weight excluding hydrogens is 532 g/mol. The molecule has 12 nitrogen and oxygen atoms in total. The lowest BCUT2D eigenvalue weighted by Crippen LogP contribution is -2.71. The summed E-state index contributed by atoms with van der Waals surface area (Å²) in [5.41, 5.74) is 7.16. The summed E-state index contributed by atoms with van der Waals surface area (Å²) in [5, 5.41) is 7.57. The number of nitrogens with zero attached hydrogens (tertiary/aromatic N) is 3. The van der Waals surface area contributed by atoms with Crippen molar-refractivity contribution in [3.63, 3.8) is 0 Å². The van der Waals surface area contributed by atoms with Gasteiger partial charge in [0.05, 0.1) is 13.3 Å². The van der Waals surface area contributed by atoms with Gasteiger partial charge < -0.3 is 25.4 Å². The molecule has 192 valence electrons. The van der Waals surface area contributed by atoms with Gasteiger partial charge in [0.25, 0.3) is 17.6 Å². The molecule has 2 atom stereocenters. The van der Waals surface area contributed by atoms with Gasteiger partial charge in [0.2, 0.25) is 0 Å². The van der Waals surface area contributed by atoms with E-state index in [9.17, 15) is 14.4 Å². The van der Waals surface area contributed by atoms with Crippen molar-refractivity contribution in [1.82, 2.24) is 20.1 Å². The number of benzene rings is 1. The van der Waals surface area contributed by atoms with Crippen molar-refractivity contribution in [2.45, 2.75) is 18.0 Å². The Morgan fingerprint density at radius 3 is 2.67 bits per heavy atom. The Kier molecular flexibility index (Phi) is 8.18. The number of halogens is 1. The number of hydrazine groups is 1. The summed E-state index contributed by atoms with van der Waals surface area (Å²) in [4.78, 5) is 47.8. The summed E-state index contributed by atoms with van der Waals surface area (Å²) in [6.07, 6.45) is 1.46. The Bertz CT molecular complexity index is 1140. The Morgan fingerprint density at radius 1 is 1.31 bits per heavy atom. The van der Waals surface area contributed by atoms with Gasteiger partial charge >= 0.3 is 5.97 Å². The number of hydrogen-bond acceptors (Lipinski definition) is 11. The van der Waals surface area contributed by atoms with E-state index in [4.69, 9.17) is 31.6 Å². The number of oxime groups is 1. The van der Waals surface area contributed by atoms with Crippen LogP contribution in [0.25, 0.3) is 0 Å². The Hall–Kier alpha value is -3.07. The average molecular weight is 555 g/mol. The smallest absolute Gasteiger partial charge is 0.355 e. The van der Waals surface area contributed by atoms with E-state index in [0.29, 0.717) is 22.1 Å². The van der Waals surface area contributed by atoms with Crippen LogP contribution in [-0.4, -0.2) is 70.8 Å². The van der Waals surface area contributed by atoms with E-state index < -0.39 is 29.2 Å². The summed E-state index contributed by atoms with van der Waals surface area (Å²) in [7, 11) is 2.85. The molecule has 0 saturated carbocycles. The molecule has 1 saturated heterocycles. The molecule has 0 aromatic heterocycles. The minimum Gasteiger partial charge on any atom is -0.497 e. The van der Waals surface area contributed by atoms with Crippen molar-refractivity contribution in [3.8, 4) is 5.75 Å². The van der Waals surface area contributed by atoms with Crippen LogP contribution in [0.5, 0.6) is 5.75 Å². The molecule has 0 bridgehead atoms. The highest BCUT2D eigenvalue weighted by Crippen LogP contribution is 2.41. The average Bonchev–Trinajstić information content (AvgIpc) is 3.33. The van der Waals surface area contributed by atoms with Crippen molar-refractivity contribution in [2.75, 3.05) is 25.9 Å². The zero-order valence-corrected chi connectivity index (χ0v) is 21.6. The van der Waals surface area contributed by atoms with E-state index in [1.165, 1.54) is 35.0 Å². The number of fused-ring (bicyclic) bond motifs is 1. The van der Waals surface area contributed by atoms with Crippen LogP contribution in [0.15, 0.2) is 51.9 Å². The lowest BCUT2D eigenvalue weighted by Gasteiger charge is -2.49. The fourth-order valence-corrected chi connectivity index (χ4v) is 5.77. The maximum Gasteiger partial charge on any atom is 0.355 e. The lowest BCUT2D eigenvalue weighted by molar-refractivity contribution is -0.153. The first-order valence-electron chi connectivity index (χ1n) is 10.5. The second-order valence-corrected chi connectivity index (χ2v) is 9.79. The highest BCUT2D eigenvalue weighted by molar-refractivity contribution is 8.01. The number of nitrogens with two attached hydrogens (primary N) is 1. The molecule has 3 heterocycles. The fraction of sp³-hybridized carbons (Fsp3) is 0.333. The normalized spacial score (nSPS) is 21.5. The molecule has 1 aromatic carbocycles. The summed E-state index contributed by atoms with van der Waals surface area (Å²) in [6, 6.07) is 6.18. The third-order valence-corrected chi connectivity index (χ3v) is 7.64. The highest BCUT2D eigenvalue weighted by Gasteiger charge is 2.54. The van der Waals surface area contributed by atoms with Gasteiger partial charge in [-0.2, -0.15) is 4.83 Å². The fourth-order valence-electron chi connectivity index (χ4n) is 3.59. The molecule has 3 aliphatic heterocycles. The second kappa shape index (κ2) is 11.3. The maximum absolute atomic E-state index is 13.1. The zero-order chi connectivity index (χ0) is 25.8. The van der Waals surface area contributed by atoms with Crippen molar-refractivity contribution in [3.05, 3.63) is 52.3 Å². The molecule has 3 aliphatic rings. The number of carbonyl (C=O) groups excluding carboxylic acids is 3. The van der Waals surface area contributed by atoms with Crippen LogP contribution < -0.4 is 20.6 Å². The van der Waals surface area contributed by atoms with Gasteiger partial charge in [-0.25, -0.2) is 9.80 Å². The van der Waals surface area contributed by atoms with E-state index in [0.717, 1.165) is 17.5 Å². The lowest BCUT2D eigenvalue weighted by atomic mass is 10.0. The number of amides is 2. The standard InChI is InChI=1S/C21H23ClN6O6S2/c1-32-13-5-3-11(4-6-13)9-34-21(31)16-12(7-22)10-35-20-15(19(30)28(16)20)24-18(29)17(25-33-2)27-8-14(23)36-26-27/h3-6,8,15,20,26H,7,9-10,23H2,1-2H3,(H,24,29)/b25-17-/t15?,20-/m1/s1. The number of β-lactam (4-membered cyclic amide) rings is 1. The second-order valence-electron chi connectivity index (χ2n) is 7.56. The Morgan fingerprint density at radius 2 is 2.06 bits per heavy atom. The van der Waals surface area contributed by atoms with E-state index >= 15 is 0 Å². The molecule has 15 heteroatoms. The summed E-state index contributed by atoms with van der Waals surface area (Å²) >= 11 is 8.55. The van der Waals surface area contributed by atoms with Gasteiger partial charge in [0.15, 0.2) is 0 Å². The predicted molar refractivity (Wildman–Crippen MR) is 135 cm³/mol. The number of thioether (sulfide) groups is 1. The van der Waals surface area contributed by atoms with Gasteiger partial charge in [-0.3, -0.25) is 14.5 Å². The summed E-state index contributed by atoms with van der Waals surface area (Å²) < 4.78 is 10.6. The van der Waals surface area contributed by atoms with E-state index in [1.807, 2.05) is 0 Å². The van der Waals surface area contributed by atoms with Crippen molar-refractivity contribution < 1.29 is 28.7 Å². The number of ether oxygens (including phenoxy) is 2. The minimum atomic E-state index is -0.887. The largest absolute Gasteiger partial charge is 0.497 e. The quantitative estimate of drug-likeness (QED) is 0.0836. The molecule has 4 N–H and O–H groups in total.